The average molecular weight is 406 g/mol. The molecule has 0 bridgehead atoms. The molecule has 0 saturated carbocycles. The first-order valence-corrected chi connectivity index (χ1v) is 9.81. The molecule has 1 aromatic heterocycles. The van der Waals surface area contributed by atoms with E-state index in [2.05, 4.69) is 11.1 Å². The van der Waals surface area contributed by atoms with Crippen LogP contribution in [0.4, 0.5) is 0 Å². The van der Waals surface area contributed by atoms with Crippen LogP contribution in [0.5, 0.6) is 5.75 Å². The van der Waals surface area contributed by atoms with Crippen LogP contribution >= 0.6 is 0 Å². The predicted octanol–water partition coefficient (Wildman–Crippen LogP) is 4.37. The first kappa shape index (κ1) is 21.3. The van der Waals surface area contributed by atoms with Gasteiger partial charge in [-0.25, -0.2) is 9.78 Å². The lowest BCUT2D eigenvalue weighted by atomic mass is 10.1. The number of ether oxygens (including phenoxy) is 3. The van der Waals surface area contributed by atoms with Gasteiger partial charge in [-0.05, 0) is 47.9 Å². The molecule has 3 aromatic rings. The van der Waals surface area contributed by atoms with Crippen molar-refractivity contribution in [3.05, 3.63) is 89.5 Å². The Bertz CT molecular complexity index is 946. The smallest absolute Gasteiger partial charge is 0.338 e. The molecular weight excluding hydrogens is 380 g/mol. The largest absolute Gasteiger partial charge is 0.497 e. The highest BCUT2D eigenvalue weighted by atomic mass is 16.5. The van der Waals surface area contributed by atoms with Crippen molar-refractivity contribution in [1.29, 1.82) is 0 Å². The van der Waals surface area contributed by atoms with Crippen LogP contribution < -0.4 is 4.74 Å². The fraction of sp³-hybridized carbons (Fsp3) is 0.250. The minimum Gasteiger partial charge on any atom is -0.497 e. The molecule has 6 nitrogen and oxygen atoms in total. The van der Waals surface area contributed by atoms with Gasteiger partial charge in [0.05, 0.1) is 38.8 Å². The van der Waals surface area contributed by atoms with Gasteiger partial charge < -0.3 is 18.8 Å². The number of methoxy groups -OCH3 is 1. The number of hydrogen-bond acceptors (Lipinski definition) is 5. The first-order valence-electron chi connectivity index (χ1n) is 9.81. The third kappa shape index (κ3) is 6.32. The number of carbonyl (C=O) groups is 1. The lowest BCUT2D eigenvalue weighted by Gasteiger charge is -2.11. The quantitative estimate of drug-likeness (QED) is 0.468. The van der Waals surface area contributed by atoms with Crippen LogP contribution in [-0.2, 0) is 22.6 Å². The zero-order valence-corrected chi connectivity index (χ0v) is 17.3. The van der Waals surface area contributed by atoms with Gasteiger partial charge in [0.15, 0.2) is 0 Å². The Morgan fingerprint density at radius 2 is 1.87 bits per heavy atom. The summed E-state index contributed by atoms with van der Waals surface area (Å²) in [6, 6.07) is 15.2. The van der Waals surface area contributed by atoms with E-state index >= 15 is 0 Å². The van der Waals surface area contributed by atoms with E-state index in [0.29, 0.717) is 31.9 Å². The van der Waals surface area contributed by atoms with Crippen LogP contribution in [0.15, 0.2) is 72.8 Å². The SMILES string of the molecule is CCOC(=O)c1ccc(/C=C(\COCc2ccc(OC)cc2)Cn2ccnc2)cc1. The molecule has 0 spiro atoms. The minimum atomic E-state index is -0.311. The lowest BCUT2D eigenvalue weighted by molar-refractivity contribution is 0.0526. The molecule has 6 heteroatoms. The molecular formula is C24H26N2O4. The Labute approximate surface area is 176 Å². The van der Waals surface area contributed by atoms with Gasteiger partial charge in [-0.15, -0.1) is 0 Å². The number of aromatic nitrogens is 2. The number of hydrogen-bond donors (Lipinski definition) is 0. The number of carbonyl (C=O) groups excluding carboxylic acids is 1. The van der Waals surface area contributed by atoms with Crippen molar-refractivity contribution >= 4 is 12.0 Å². The summed E-state index contributed by atoms with van der Waals surface area (Å²) in [5.41, 5.74) is 3.70. The molecule has 0 aliphatic carbocycles. The second kappa shape index (κ2) is 11.0. The molecule has 3 rings (SSSR count). The molecule has 30 heavy (non-hydrogen) atoms. The van der Waals surface area contributed by atoms with Gasteiger partial charge >= 0.3 is 5.97 Å². The van der Waals surface area contributed by atoms with Crippen LogP contribution in [0.25, 0.3) is 6.08 Å². The third-order valence-corrected chi connectivity index (χ3v) is 4.45. The fourth-order valence-corrected chi connectivity index (χ4v) is 2.94. The van der Waals surface area contributed by atoms with Crippen molar-refractivity contribution in [2.45, 2.75) is 20.1 Å². The summed E-state index contributed by atoms with van der Waals surface area (Å²) in [6.07, 6.45) is 7.52. The summed E-state index contributed by atoms with van der Waals surface area (Å²) in [4.78, 5) is 15.9. The molecule has 0 atom stereocenters. The summed E-state index contributed by atoms with van der Waals surface area (Å²) in [5, 5.41) is 0. The van der Waals surface area contributed by atoms with Crippen molar-refractivity contribution in [3.8, 4) is 5.75 Å². The summed E-state index contributed by atoms with van der Waals surface area (Å²) >= 11 is 0. The van der Waals surface area contributed by atoms with Gasteiger partial charge in [0, 0.05) is 18.9 Å². The van der Waals surface area contributed by atoms with Crippen LogP contribution in [0.3, 0.4) is 0 Å². The molecule has 0 saturated heterocycles. The summed E-state index contributed by atoms with van der Waals surface area (Å²) in [7, 11) is 1.65. The van der Waals surface area contributed by atoms with Crippen molar-refractivity contribution in [1.82, 2.24) is 9.55 Å². The Hall–Kier alpha value is -3.38. The maximum atomic E-state index is 11.8. The van der Waals surface area contributed by atoms with Gasteiger partial charge in [0.1, 0.15) is 5.75 Å². The number of benzene rings is 2. The van der Waals surface area contributed by atoms with E-state index in [1.165, 1.54) is 0 Å². The highest BCUT2D eigenvalue weighted by molar-refractivity contribution is 5.89. The highest BCUT2D eigenvalue weighted by Crippen LogP contribution is 2.15. The van der Waals surface area contributed by atoms with E-state index in [4.69, 9.17) is 14.2 Å². The highest BCUT2D eigenvalue weighted by Gasteiger charge is 2.06. The van der Waals surface area contributed by atoms with E-state index in [1.807, 2.05) is 47.2 Å². The van der Waals surface area contributed by atoms with Crippen LogP contribution in [0, 0.1) is 0 Å². The van der Waals surface area contributed by atoms with E-state index in [-0.39, 0.29) is 5.97 Å². The Balaban J connectivity index is 1.67. The topological polar surface area (TPSA) is 62.6 Å². The summed E-state index contributed by atoms with van der Waals surface area (Å²) in [6.45, 7) is 3.81. The Morgan fingerprint density at radius 1 is 1.10 bits per heavy atom. The van der Waals surface area contributed by atoms with Crippen molar-refractivity contribution < 1.29 is 19.0 Å². The number of esters is 1. The normalized spacial score (nSPS) is 11.3. The molecule has 0 fully saturated rings. The van der Waals surface area contributed by atoms with Crippen molar-refractivity contribution in [2.75, 3.05) is 20.3 Å². The van der Waals surface area contributed by atoms with Gasteiger partial charge in [-0.2, -0.15) is 0 Å². The fourth-order valence-electron chi connectivity index (χ4n) is 2.94. The van der Waals surface area contributed by atoms with Crippen molar-refractivity contribution in [3.63, 3.8) is 0 Å². The average Bonchev–Trinajstić information content (AvgIpc) is 3.28. The van der Waals surface area contributed by atoms with E-state index in [0.717, 1.165) is 22.4 Å². The molecule has 0 radical (unpaired) electrons. The summed E-state index contributed by atoms with van der Waals surface area (Å²) < 4.78 is 18.2. The molecule has 1 heterocycles. The van der Waals surface area contributed by atoms with E-state index in [1.54, 1.807) is 38.7 Å². The number of nitrogens with zero attached hydrogens (tertiary/aromatic N) is 2. The molecule has 156 valence electrons. The molecule has 0 aliphatic heterocycles. The van der Waals surface area contributed by atoms with E-state index < -0.39 is 0 Å². The van der Waals surface area contributed by atoms with Gasteiger partial charge in [-0.3, -0.25) is 0 Å². The van der Waals surface area contributed by atoms with Crippen LogP contribution in [0.2, 0.25) is 0 Å². The standard InChI is InChI=1S/C24H26N2O4/c1-3-30-24(27)22-8-4-19(5-9-22)14-21(15-26-13-12-25-18-26)17-29-16-20-6-10-23(28-2)11-7-20/h4-14,18H,3,15-17H2,1-2H3/b21-14-. The third-order valence-electron chi connectivity index (χ3n) is 4.45. The van der Waals surface area contributed by atoms with Crippen molar-refractivity contribution in [2.24, 2.45) is 0 Å². The monoisotopic (exact) mass is 406 g/mol. The molecule has 0 amide bonds. The Kier molecular flexibility index (Phi) is 7.80. The van der Waals surface area contributed by atoms with Crippen LogP contribution in [0.1, 0.15) is 28.4 Å². The van der Waals surface area contributed by atoms with E-state index in [9.17, 15) is 4.79 Å². The van der Waals surface area contributed by atoms with Gasteiger partial charge in [0.25, 0.3) is 0 Å². The molecule has 2 aromatic carbocycles. The second-order valence-corrected chi connectivity index (χ2v) is 6.72. The Morgan fingerprint density at radius 3 is 2.50 bits per heavy atom. The maximum Gasteiger partial charge on any atom is 0.338 e. The zero-order valence-electron chi connectivity index (χ0n) is 17.3. The predicted molar refractivity (Wildman–Crippen MR) is 115 cm³/mol. The zero-order chi connectivity index (χ0) is 21.2. The first-order chi connectivity index (χ1) is 14.7. The van der Waals surface area contributed by atoms with Gasteiger partial charge in [-0.1, -0.05) is 30.3 Å². The minimum absolute atomic E-state index is 0.311. The molecule has 0 unspecified atom stereocenters. The number of rotatable bonds is 10. The number of imidazole rings is 1. The van der Waals surface area contributed by atoms with Gasteiger partial charge in [0.2, 0.25) is 0 Å². The maximum absolute atomic E-state index is 11.8. The lowest BCUT2D eigenvalue weighted by Crippen LogP contribution is -2.06. The summed E-state index contributed by atoms with van der Waals surface area (Å²) in [5.74, 6) is 0.514. The second-order valence-electron chi connectivity index (χ2n) is 6.72. The van der Waals surface area contributed by atoms with Crippen LogP contribution in [-0.4, -0.2) is 35.8 Å². The molecule has 0 N–H and O–H groups in total. The molecule has 0 aliphatic rings.